The first-order chi connectivity index (χ1) is 15.7. The summed E-state index contributed by atoms with van der Waals surface area (Å²) in [6.45, 7) is -0.420. The molecule has 0 saturated heterocycles. The fourth-order valence-electron chi connectivity index (χ4n) is 2.56. The van der Waals surface area contributed by atoms with Crippen LogP contribution in [0.2, 0.25) is 15.1 Å². The lowest BCUT2D eigenvalue weighted by atomic mass is 10.1. The standard InChI is InChI=1S/C19H14BrCl3N6O4/c1-24-15(30)8-33-28-18(31)10-5-9(21)6-12(23)16(10)26-19(32)13-7-14(20)27-29(13)17-11(22)3-2-4-25-17/h2-7H,8H2,1H3,(H,24,30)(H,26,32)(H,28,31). The smallest absolute Gasteiger partial charge is 0.277 e. The van der Waals surface area contributed by atoms with E-state index in [1.165, 1.54) is 36.1 Å². The minimum absolute atomic E-state index is 0.00620. The second-order valence-corrected chi connectivity index (χ2v) is 8.29. The number of benzene rings is 1. The Morgan fingerprint density at radius 1 is 1.12 bits per heavy atom. The molecule has 14 heteroatoms. The van der Waals surface area contributed by atoms with Gasteiger partial charge in [0, 0.05) is 24.3 Å². The molecule has 3 N–H and O–H groups in total. The summed E-state index contributed by atoms with van der Waals surface area (Å²) in [5.74, 6) is -1.70. The predicted molar refractivity (Wildman–Crippen MR) is 126 cm³/mol. The molecule has 0 aliphatic heterocycles. The molecule has 3 rings (SSSR count). The number of carbonyl (C=O) groups excluding carboxylic acids is 3. The molecule has 0 saturated carbocycles. The molecule has 0 spiro atoms. The second kappa shape index (κ2) is 10.9. The Balaban J connectivity index is 1.92. The Morgan fingerprint density at radius 2 is 1.88 bits per heavy atom. The van der Waals surface area contributed by atoms with Gasteiger partial charge in [-0.2, -0.15) is 5.10 Å². The van der Waals surface area contributed by atoms with E-state index in [2.05, 4.69) is 42.1 Å². The SMILES string of the molecule is CNC(=O)CONC(=O)c1cc(Cl)cc(Cl)c1NC(=O)c1cc(Br)nn1-c1ncccc1Cl. The monoisotopic (exact) mass is 574 g/mol. The van der Waals surface area contributed by atoms with Crippen molar-refractivity contribution in [3.05, 3.63) is 67.5 Å². The number of hydrogen-bond acceptors (Lipinski definition) is 6. The van der Waals surface area contributed by atoms with Crippen molar-refractivity contribution in [2.24, 2.45) is 0 Å². The summed E-state index contributed by atoms with van der Waals surface area (Å²) in [5, 5.41) is 9.51. The lowest BCUT2D eigenvalue weighted by Crippen LogP contribution is -2.31. The van der Waals surface area contributed by atoms with E-state index >= 15 is 0 Å². The quantitative estimate of drug-likeness (QED) is 0.369. The van der Waals surface area contributed by atoms with E-state index in [0.717, 1.165) is 0 Å². The average molecular weight is 577 g/mol. The molecule has 2 aromatic heterocycles. The molecule has 0 aliphatic rings. The van der Waals surface area contributed by atoms with Crippen molar-refractivity contribution >= 4 is 74.1 Å². The maximum Gasteiger partial charge on any atom is 0.277 e. The third-order valence-electron chi connectivity index (χ3n) is 4.04. The van der Waals surface area contributed by atoms with E-state index in [4.69, 9.17) is 39.6 Å². The zero-order chi connectivity index (χ0) is 24.1. The van der Waals surface area contributed by atoms with Gasteiger partial charge >= 0.3 is 0 Å². The topological polar surface area (TPSA) is 127 Å². The fraction of sp³-hybridized carbons (Fsp3) is 0.105. The van der Waals surface area contributed by atoms with Crippen molar-refractivity contribution < 1.29 is 19.2 Å². The van der Waals surface area contributed by atoms with Crippen LogP contribution in [0.3, 0.4) is 0 Å². The average Bonchev–Trinajstić information content (AvgIpc) is 3.16. The molecule has 2 heterocycles. The van der Waals surface area contributed by atoms with Crippen LogP contribution in [0.15, 0.2) is 41.1 Å². The van der Waals surface area contributed by atoms with Crippen LogP contribution in [0.5, 0.6) is 0 Å². The van der Waals surface area contributed by atoms with E-state index in [9.17, 15) is 14.4 Å². The number of halogens is 4. The third-order valence-corrected chi connectivity index (χ3v) is 5.24. The van der Waals surface area contributed by atoms with Gasteiger partial charge in [0.15, 0.2) is 12.4 Å². The Morgan fingerprint density at radius 3 is 2.58 bits per heavy atom. The first kappa shape index (κ1) is 24.9. The summed E-state index contributed by atoms with van der Waals surface area (Å²) < 4.78 is 1.58. The van der Waals surface area contributed by atoms with Gasteiger partial charge in [0.1, 0.15) is 10.3 Å². The molecule has 3 amide bonds. The van der Waals surface area contributed by atoms with Gasteiger partial charge in [-0.1, -0.05) is 34.8 Å². The lowest BCUT2D eigenvalue weighted by Gasteiger charge is -2.14. The third kappa shape index (κ3) is 6.01. The highest BCUT2D eigenvalue weighted by Gasteiger charge is 2.23. The molecule has 0 atom stereocenters. The maximum atomic E-state index is 13.1. The predicted octanol–water partition coefficient (Wildman–Crippen LogP) is 3.65. The summed E-state index contributed by atoms with van der Waals surface area (Å²) in [5.41, 5.74) is 2.01. The summed E-state index contributed by atoms with van der Waals surface area (Å²) in [4.78, 5) is 46.0. The van der Waals surface area contributed by atoms with Gasteiger partial charge in [-0.25, -0.2) is 15.1 Å². The largest absolute Gasteiger partial charge is 0.357 e. The minimum Gasteiger partial charge on any atom is -0.357 e. The number of aromatic nitrogens is 3. The molecule has 0 radical (unpaired) electrons. The number of nitrogens with one attached hydrogen (secondary N) is 3. The van der Waals surface area contributed by atoms with Crippen LogP contribution in [0.25, 0.3) is 5.82 Å². The number of pyridine rings is 1. The van der Waals surface area contributed by atoms with Gasteiger partial charge < -0.3 is 10.6 Å². The molecule has 10 nitrogen and oxygen atoms in total. The van der Waals surface area contributed by atoms with Crippen molar-refractivity contribution in [1.29, 1.82) is 0 Å². The van der Waals surface area contributed by atoms with Crippen molar-refractivity contribution in [2.45, 2.75) is 0 Å². The molecule has 33 heavy (non-hydrogen) atoms. The van der Waals surface area contributed by atoms with E-state index in [1.54, 1.807) is 12.1 Å². The second-order valence-electron chi connectivity index (χ2n) is 6.23. The Hall–Kier alpha value is -2.70. The van der Waals surface area contributed by atoms with Crippen molar-refractivity contribution in [3.63, 3.8) is 0 Å². The lowest BCUT2D eigenvalue weighted by molar-refractivity contribution is -0.126. The van der Waals surface area contributed by atoms with Crippen molar-refractivity contribution in [1.82, 2.24) is 25.6 Å². The summed E-state index contributed by atoms with van der Waals surface area (Å²) in [7, 11) is 1.42. The van der Waals surface area contributed by atoms with Gasteiger partial charge in [0.2, 0.25) is 5.91 Å². The van der Waals surface area contributed by atoms with Crippen LogP contribution < -0.4 is 16.1 Å². The Bertz CT molecular complexity index is 1240. The van der Waals surface area contributed by atoms with Crippen LogP contribution >= 0.6 is 50.7 Å². The van der Waals surface area contributed by atoms with Crippen molar-refractivity contribution in [3.8, 4) is 5.82 Å². The number of nitrogens with zero attached hydrogens (tertiary/aromatic N) is 3. The molecule has 172 valence electrons. The molecule has 3 aromatic rings. The highest BCUT2D eigenvalue weighted by Crippen LogP contribution is 2.31. The minimum atomic E-state index is -0.791. The first-order valence-corrected chi connectivity index (χ1v) is 10.9. The van der Waals surface area contributed by atoms with E-state index in [0.29, 0.717) is 4.60 Å². The normalized spacial score (nSPS) is 10.6. The van der Waals surface area contributed by atoms with Crippen LogP contribution in [0.4, 0.5) is 5.69 Å². The van der Waals surface area contributed by atoms with E-state index in [-0.39, 0.29) is 37.8 Å². The van der Waals surface area contributed by atoms with Crippen molar-refractivity contribution in [2.75, 3.05) is 19.0 Å². The zero-order valence-electron chi connectivity index (χ0n) is 16.7. The van der Waals surface area contributed by atoms with E-state index in [1.807, 2.05) is 0 Å². The maximum absolute atomic E-state index is 13.1. The van der Waals surface area contributed by atoms with Gasteiger partial charge in [0.05, 0.1) is 21.3 Å². The first-order valence-electron chi connectivity index (χ1n) is 9.00. The van der Waals surface area contributed by atoms with Crippen LogP contribution in [-0.2, 0) is 9.63 Å². The molecule has 1 aromatic carbocycles. The highest BCUT2D eigenvalue weighted by molar-refractivity contribution is 9.10. The van der Waals surface area contributed by atoms with Crippen LogP contribution in [0.1, 0.15) is 20.8 Å². The Kier molecular flexibility index (Phi) is 8.27. The van der Waals surface area contributed by atoms with Gasteiger partial charge in [0.25, 0.3) is 11.8 Å². The van der Waals surface area contributed by atoms with Gasteiger partial charge in [-0.15, -0.1) is 0 Å². The number of carbonyl (C=O) groups is 3. The summed E-state index contributed by atoms with van der Waals surface area (Å²) in [6.07, 6.45) is 1.50. The number of rotatable bonds is 7. The zero-order valence-corrected chi connectivity index (χ0v) is 20.5. The number of hydroxylamine groups is 1. The summed E-state index contributed by atoms with van der Waals surface area (Å²) >= 11 is 21.7. The molecule has 0 unspecified atom stereocenters. The highest BCUT2D eigenvalue weighted by atomic mass is 79.9. The summed E-state index contributed by atoms with van der Waals surface area (Å²) in [6, 6.07) is 7.30. The molecular weight excluding hydrogens is 563 g/mol. The number of likely N-dealkylation sites (N-methyl/N-ethyl adjacent to an activating group) is 1. The van der Waals surface area contributed by atoms with Crippen LogP contribution in [0, 0.1) is 0 Å². The molecule has 0 fully saturated rings. The fourth-order valence-corrected chi connectivity index (χ4v) is 3.68. The Labute approximate surface area is 210 Å². The molecule has 0 bridgehead atoms. The molecule has 0 aliphatic carbocycles. The molecular formula is C19H14BrCl3N6O4. The number of amides is 3. The van der Waals surface area contributed by atoms with Gasteiger partial charge in [-0.3, -0.25) is 19.2 Å². The van der Waals surface area contributed by atoms with Crippen LogP contribution in [-0.4, -0.2) is 46.1 Å². The van der Waals surface area contributed by atoms with E-state index < -0.39 is 24.3 Å². The number of hydrogen-bond donors (Lipinski definition) is 3. The van der Waals surface area contributed by atoms with Gasteiger partial charge in [-0.05, 0) is 40.2 Å². The number of anilines is 1.